The Labute approximate surface area is 207 Å². The molecule has 7 nitrogen and oxygen atoms in total. The Hall–Kier alpha value is -3.35. The summed E-state index contributed by atoms with van der Waals surface area (Å²) in [5.41, 5.74) is 4.10. The zero-order valence-corrected chi connectivity index (χ0v) is 21.1. The molecule has 0 aromatic heterocycles. The number of rotatable bonds is 9. The number of carbonyl (C=O) groups excluding carboxylic acids is 2. The average Bonchev–Trinajstić information content (AvgIpc) is 3.09. The Bertz CT molecular complexity index is 1030. The molecule has 0 fully saturated rings. The molecule has 35 heavy (non-hydrogen) atoms. The molecule has 0 radical (unpaired) electrons. The Morgan fingerprint density at radius 1 is 0.943 bits per heavy atom. The summed E-state index contributed by atoms with van der Waals surface area (Å²) in [5.74, 6) is -1.42. The van der Waals surface area contributed by atoms with Gasteiger partial charge in [0, 0.05) is 18.4 Å². The van der Waals surface area contributed by atoms with Crippen molar-refractivity contribution in [3.63, 3.8) is 0 Å². The van der Waals surface area contributed by atoms with Crippen LogP contribution < -0.4 is 10.6 Å². The van der Waals surface area contributed by atoms with Crippen molar-refractivity contribution in [2.45, 2.75) is 65.5 Å². The molecule has 2 aromatic carbocycles. The van der Waals surface area contributed by atoms with Crippen LogP contribution in [0.5, 0.6) is 0 Å². The van der Waals surface area contributed by atoms with Crippen LogP contribution in [0.15, 0.2) is 48.5 Å². The first-order chi connectivity index (χ1) is 16.5. The molecule has 3 rings (SSSR count). The molecule has 7 heteroatoms. The molecular weight excluding hydrogens is 444 g/mol. The number of carboxylic acids is 1. The Kier molecular flexibility index (Phi) is 8.20. The minimum Gasteiger partial charge on any atom is -0.480 e. The monoisotopic (exact) mass is 480 g/mol. The van der Waals surface area contributed by atoms with Crippen LogP contribution in [0.1, 0.15) is 64.5 Å². The van der Waals surface area contributed by atoms with Gasteiger partial charge in [0.05, 0.1) is 0 Å². The molecule has 2 amide bonds. The van der Waals surface area contributed by atoms with Gasteiger partial charge in [0.2, 0.25) is 5.91 Å². The Morgan fingerprint density at radius 3 is 1.97 bits per heavy atom. The number of amides is 2. The van der Waals surface area contributed by atoms with Crippen molar-refractivity contribution in [2.24, 2.45) is 11.3 Å². The number of hydrogen-bond acceptors (Lipinski definition) is 4. The highest BCUT2D eigenvalue weighted by molar-refractivity contribution is 5.84. The Morgan fingerprint density at radius 2 is 1.49 bits per heavy atom. The van der Waals surface area contributed by atoms with Gasteiger partial charge in [-0.3, -0.25) is 4.79 Å². The fourth-order valence-electron chi connectivity index (χ4n) is 4.49. The zero-order chi connectivity index (χ0) is 25.8. The molecule has 0 saturated heterocycles. The van der Waals surface area contributed by atoms with E-state index in [0.717, 1.165) is 22.3 Å². The van der Waals surface area contributed by atoms with Crippen molar-refractivity contribution >= 4 is 18.0 Å². The maximum absolute atomic E-state index is 12.8. The summed E-state index contributed by atoms with van der Waals surface area (Å²) in [6.45, 7) is 9.72. The third-order valence-electron chi connectivity index (χ3n) is 6.41. The molecule has 1 unspecified atom stereocenters. The molecule has 188 valence electrons. The van der Waals surface area contributed by atoms with Crippen molar-refractivity contribution in [2.75, 3.05) is 6.61 Å². The van der Waals surface area contributed by atoms with Crippen LogP contribution in [-0.2, 0) is 14.3 Å². The number of aliphatic carboxylic acids is 1. The SMILES string of the molecule is CC(C)C[C@H](NC(=O)CC(NC(=O)OCC1c2ccccc2-c2ccccc21)C(C)(C)C)C(=O)O. The number of benzene rings is 2. The molecule has 0 bridgehead atoms. The maximum Gasteiger partial charge on any atom is 0.407 e. The van der Waals surface area contributed by atoms with Gasteiger partial charge in [0.1, 0.15) is 12.6 Å². The van der Waals surface area contributed by atoms with Gasteiger partial charge in [0.25, 0.3) is 0 Å². The van der Waals surface area contributed by atoms with Gasteiger partial charge in [-0.25, -0.2) is 9.59 Å². The van der Waals surface area contributed by atoms with Crippen molar-refractivity contribution in [3.05, 3.63) is 59.7 Å². The number of nitrogens with one attached hydrogen (secondary N) is 2. The number of ether oxygens (including phenoxy) is 1. The number of carbonyl (C=O) groups is 3. The first-order valence-corrected chi connectivity index (χ1v) is 12.1. The van der Waals surface area contributed by atoms with E-state index in [0.29, 0.717) is 6.42 Å². The highest BCUT2D eigenvalue weighted by Gasteiger charge is 2.32. The molecule has 2 aromatic rings. The molecule has 0 heterocycles. The van der Waals surface area contributed by atoms with Gasteiger partial charge in [-0.15, -0.1) is 0 Å². The molecular formula is C28H36N2O5. The maximum atomic E-state index is 12.8. The van der Waals surface area contributed by atoms with Crippen molar-refractivity contribution in [1.29, 1.82) is 0 Å². The van der Waals surface area contributed by atoms with Crippen molar-refractivity contribution < 1.29 is 24.2 Å². The molecule has 3 N–H and O–H groups in total. The van der Waals surface area contributed by atoms with E-state index in [-0.39, 0.29) is 24.9 Å². The number of hydrogen-bond donors (Lipinski definition) is 3. The summed E-state index contributed by atoms with van der Waals surface area (Å²) in [4.78, 5) is 36.9. The smallest absolute Gasteiger partial charge is 0.407 e. The van der Waals surface area contributed by atoms with E-state index in [1.54, 1.807) is 0 Å². The summed E-state index contributed by atoms with van der Waals surface area (Å²) < 4.78 is 5.64. The highest BCUT2D eigenvalue weighted by Crippen LogP contribution is 2.44. The van der Waals surface area contributed by atoms with E-state index < -0.39 is 35.5 Å². The molecule has 0 saturated carbocycles. The van der Waals surface area contributed by atoms with Crippen LogP contribution in [0.4, 0.5) is 4.79 Å². The van der Waals surface area contributed by atoms with Crippen molar-refractivity contribution in [1.82, 2.24) is 10.6 Å². The van der Waals surface area contributed by atoms with Crippen molar-refractivity contribution in [3.8, 4) is 11.1 Å². The third-order valence-corrected chi connectivity index (χ3v) is 6.41. The number of carboxylic acid groups (broad SMARTS) is 1. The predicted octanol–water partition coefficient (Wildman–Crippen LogP) is 4.95. The number of fused-ring (bicyclic) bond motifs is 3. The van der Waals surface area contributed by atoms with Crippen LogP contribution >= 0.6 is 0 Å². The molecule has 2 atom stereocenters. The Balaban J connectivity index is 1.64. The second-order valence-corrected chi connectivity index (χ2v) is 10.7. The van der Waals surface area contributed by atoms with Gasteiger partial charge >= 0.3 is 12.1 Å². The second-order valence-electron chi connectivity index (χ2n) is 10.7. The lowest BCUT2D eigenvalue weighted by molar-refractivity contribution is -0.142. The normalized spacial score (nSPS) is 14.6. The van der Waals surface area contributed by atoms with Crippen LogP contribution in [0.25, 0.3) is 11.1 Å². The summed E-state index contributed by atoms with van der Waals surface area (Å²) in [7, 11) is 0. The summed E-state index contributed by atoms with van der Waals surface area (Å²) in [5, 5.41) is 14.8. The van der Waals surface area contributed by atoms with Crippen LogP contribution in [0.3, 0.4) is 0 Å². The average molecular weight is 481 g/mol. The van der Waals surface area contributed by atoms with Gasteiger partial charge in [-0.1, -0.05) is 83.1 Å². The minimum atomic E-state index is -1.07. The van der Waals surface area contributed by atoms with E-state index in [1.807, 2.05) is 58.9 Å². The van der Waals surface area contributed by atoms with Crippen LogP contribution in [0.2, 0.25) is 0 Å². The summed E-state index contributed by atoms with van der Waals surface area (Å²) >= 11 is 0. The van der Waals surface area contributed by atoms with Gasteiger partial charge in [0.15, 0.2) is 0 Å². The van der Waals surface area contributed by atoms with Crippen LogP contribution in [0, 0.1) is 11.3 Å². The van der Waals surface area contributed by atoms with Gasteiger partial charge in [-0.2, -0.15) is 0 Å². The fourth-order valence-corrected chi connectivity index (χ4v) is 4.49. The lowest BCUT2D eigenvalue weighted by atomic mass is 9.84. The standard InChI is InChI=1S/C28H36N2O5/c1-17(2)14-23(26(32)33)29-25(31)15-24(28(3,4)5)30-27(34)35-16-22-20-12-8-6-10-18(20)19-11-7-9-13-21(19)22/h6-13,17,22-24H,14-16H2,1-5H3,(H,29,31)(H,30,34)(H,32,33)/t23-,24?/m0/s1. The fraction of sp³-hybridized carbons (Fsp3) is 0.464. The first kappa shape index (κ1) is 26.3. The van der Waals surface area contributed by atoms with E-state index in [2.05, 4.69) is 34.9 Å². The molecule has 1 aliphatic rings. The van der Waals surface area contributed by atoms with Crippen LogP contribution in [-0.4, -0.2) is 41.8 Å². The van der Waals surface area contributed by atoms with E-state index in [4.69, 9.17) is 4.74 Å². The molecule has 0 spiro atoms. The van der Waals surface area contributed by atoms with E-state index >= 15 is 0 Å². The minimum absolute atomic E-state index is 0.0461. The van der Waals surface area contributed by atoms with E-state index in [1.165, 1.54) is 0 Å². The lowest BCUT2D eigenvalue weighted by Crippen LogP contribution is -2.49. The highest BCUT2D eigenvalue weighted by atomic mass is 16.5. The third kappa shape index (κ3) is 6.62. The second kappa shape index (κ2) is 10.9. The van der Waals surface area contributed by atoms with E-state index in [9.17, 15) is 19.5 Å². The molecule has 1 aliphatic carbocycles. The molecule has 0 aliphatic heterocycles. The largest absolute Gasteiger partial charge is 0.480 e. The summed E-state index contributed by atoms with van der Waals surface area (Å²) in [6.07, 6.45) is -0.312. The van der Waals surface area contributed by atoms with Gasteiger partial charge in [-0.05, 0) is 40.0 Å². The van der Waals surface area contributed by atoms with Gasteiger partial charge < -0.3 is 20.5 Å². The predicted molar refractivity (Wildman–Crippen MR) is 135 cm³/mol. The quantitative estimate of drug-likeness (QED) is 0.471. The lowest BCUT2D eigenvalue weighted by Gasteiger charge is -2.31. The first-order valence-electron chi connectivity index (χ1n) is 12.1. The topological polar surface area (TPSA) is 105 Å². The zero-order valence-electron chi connectivity index (χ0n) is 21.1. The summed E-state index contributed by atoms with van der Waals surface area (Å²) in [6, 6.07) is 14.7. The number of alkyl carbamates (subject to hydrolysis) is 1.